The highest BCUT2D eigenvalue weighted by atomic mass is 16.5. The molecule has 0 atom stereocenters. The molecule has 0 aliphatic carbocycles. The number of ether oxygens (including phenoxy) is 1. The second-order valence-corrected chi connectivity index (χ2v) is 5.52. The van der Waals surface area contributed by atoms with E-state index in [1.807, 2.05) is 36.4 Å². The first kappa shape index (κ1) is 16.6. The van der Waals surface area contributed by atoms with E-state index in [2.05, 4.69) is 20.6 Å². The number of methoxy groups -OCH3 is 1. The fraction of sp³-hybridized carbons (Fsp3) is 0.222. The van der Waals surface area contributed by atoms with Crippen molar-refractivity contribution in [3.8, 4) is 5.75 Å². The van der Waals surface area contributed by atoms with Gasteiger partial charge < -0.3 is 10.1 Å². The topological polar surface area (TPSA) is 81.9 Å². The molecule has 1 amide bonds. The molecule has 0 bridgehead atoms. The summed E-state index contributed by atoms with van der Waals surface area (Å²) in [6.07, 6.45) is 5.88. The van der Waals surface area contributed by atoms with Crippen LogP contribution in [0.1, 0.15) is 21.6 Å². The second kappa shape index (κ2) is 8.05. The van der Waals surface area contributed by atoms with Gasteiger partial charge in [-0.05, 0) is 35.7 Å². The number of amides is 1. The van der Waals surface area contributed by atoms with Gasteiger partial charge >= 0.3 is 0 Å². The smallest absolute Gasteiger partial charge is 0.273 e. The summed E-state index contributed by atoms with van der Waals surface area (Å²) in [4.78, 5) is 16.2. The number of carbonyl (C=O) groups is 1. The standard InChI is InChI=1S/C18H19N5O2/c1-25-16-6-4-15(5-7-16)12-23-13-17(21-22-23)18(24)20-10-8-14-3-2-9-19-11-14/h2-7,9,11,13H,8,10,12H2,1H3,(H,20,24). The highest BCUT2D eigenvalue weighted by Gasteiger charge is 2.10. The van der Waals surface area contributed by atoms with Crippen molar-refractivity contribution in [1.82, 2.24) is 25.3 Å². The van der Waals surface area contributed by atoms with Gasteiger partial charge in [-0.1, -0.05) is 23.4 Å². The van der Waals surface area contributed by atoms with E-state index in [0.717, 1.165) is 23.3 Å². The van der Waals surface area contributed by atoms with Gasteiger partial charge in [-0.3, -0.25) is 9.78 Å². The van der Waals surface area contributed by atoms with Crippen LogP contribution in [-0.2, 0) is 13.0 Å². The Labute approximate surface area is 145 Å². The molecule has 3 rings (SSSR count). The first-order valence-corrected chi connectivity index (χ1v) is 7.95. The minimum atomic E-state index is -0.232. The largest absolute Gasteiger partial charge is 0.497 e. The lowest BCUT2D eigenvalue weighted by atomic mass is 10.2. The van der Waals surface area contributed by atoms with Crippen molar-refractivity contribution in [3.63, 3.8) is 0 Å². The number of nitrogens with one attached hydrogen (secondary N) is 1. The van der Waals surface area contributed by atoms with Crippen LogP contribution in [0.5, 0.6) is 5.75 Å². The molecule has 25 heavy (non-hydrogen) atoms. The van der Waals surface area contributed by atoms with Crippen molar-refractivity contribution in [2.24, 2.45) is 0 Å². The molecule has 0 spiro atoms. The number of aromatic nitrogens is 4. The Balaban J connectivity index is 1.52. The van der Waals surface area contributed by atoms with Crippen molar-refractivity contribution in [2.45, 2.75) is 13.0 Å². The average molecular weight is 337 g/mol. The molecule has 1 N–H and O–H groups in total. The van der Waals surface area contributed by atoms with Crippen LogP contribution < -0.4 is 10.1 Å². The Hall–Kier alpha value is -3.22. The second-order valence-electron chi connectivity index (χ2n) is 5.52. The summed E-state index contributed by atoms with van der Waals surface area (Å²) in [5, 5.41) is 10.8. The Morgan fingerprint density at radius 3 is 2.76 bits per heavy atom. The Morgan fingerprint density at radius 2 is 2.04 bits per heavy atom. The summed E-state index contributed by atoms with van der Waals surface area (Å²) >= 11 is 0. The molecule has 0 fully saturated rings. The van der Waals surface area contributed by atoms with Gasteiger partial charge in [-0.2, -0.15) is 0 Å². The van der Waals surface area contributed by atoms with Crippen LogP contribution >= 0.6 is 0 Å². The maximum atomic E-state index is 12.1. The van der Waals surface area contributed by atoms with E-state index < -0.39 is 0 Å². The van der Waals surface area contributed by atoms with Crippen LogP contribution in [0.25, 0.3) is 0 Å². The number of rotatable bonds is 7. The van der Waals surface area contributed by atoms with E-state index in [1.165, 1.54) is 0 Å². The van der Waals surface area contributed by atoms with Crippen LogP contribution in [-0.4, -0.2) is 39.5 Å². The van der Waals surface area contributed by atoms with Crippen LogP contribution in [0.2, 0.25) is 0 Å². The van der Waals surface area contributed by atoms with Gasteiger partial charge in [0.15, 0.2) is 5.69 Å². The van der Waals surface area contributed by atoms with E-state index in [4.69, 9.17) is 4.74 Å². The van der Waals surface area contributed by atoms with E-state index >= 15 is 0 Å². The minimum absolute atomic E-state index is 0.232. The first-order chi connectivity index (χ1) is 12.2. The molecule has 2 aromatic heterocycles. The average Bonchev–Trinajstić information content (AvgIpc) is 3.12. The van der Waals surface area contributed by atoms with E-state index in [1.54, 1.807) is 30.4 Å². The molecule has 0 unspecified atom stereocenters. The molecule has 0 aliphatic heterocycles. The lowest BCUT2D eigenvalue weighted by Gasteiger charge is -2.03. The summed E-state index contributed by atoms with van der Waals surface area (Å²) in [5.74, 6) is 0.570. The third-order valence-electron chi connectivity index (χ3n) is 3.70. The maximum absolute atomic E-state index is 12.1. The van der Waals surface area contributed by atoms with Crippen LogP contribution in [0.4, 0.5) is 0 Å². The molecule has 7 nitrogen and oxygen atoms in total. The fourth-order valence-electron chi connectivity index (χ4n) is 2.35. The number of nitrogens with zero attached hydrogens (tertiary/aromatic N) is 4. The maximum Gasteiger partial charge on any atom is 0.273 e. The van der Waals surface area contributed by atoms with Crippen LogP contribution in [0, 0.1) is 0 Å². The van der Waals surface area contributed by atoms with Gasteiger partial charge in [-0.15, -0.1) is 5.10 Å². The Kier molecular flexibility index (Phi) is 5.36. The molecular weight excluding hydrogens is 318 g/mol. The van der Waals surface area contributed by atoms with E-state index in [0.29, 0.717) is 18.8 Å². The van der Waals surface area contributed by atoms with Crippen molar-refractivity contribution in [1.29, 1.82) is 0 Å². The minimum Gasteiger partial charge on any atom is -0.497 e. The van der Waals surface area contributed by atoms with Crippen LogP contribution in [0.3, 0.4) is 0 Å². The third kappa shape index (κ3) is 4.63. The van der Waals surface area contributed by atoms with Crippen molar-refractivity contribution < 1.29 is 9.53 Å². The van der Waals surface area contributed by atoms with Gasteiger partial charge in [-0.25, -0.2) is 4.68 Å². The number of hydrogen-bond acceptors (Lipinski definition) is 5. The quantitative estimate of drug-likeness (QED) is 0.710. The SMILES string of the molecule is COc1ccc(Cn2cc(C(=O)NCCc3cccnc3)nn2)cc1. The predicted octanol–water partition coefficient (Wildman–Crippen LogP) is 1.70. The van der Waals surface area contributed by atoms with Crippen LogP contribution in [0.15, 0.2) is 55.0 Å². The van der Waals surface area contributed by atoms with E-state index in [9.17, 15) is 4.79 Å². The molecule has 7 heteroatoms. The molecule has 1 aromatic carbocycles. The molecule has 2 heterocycles. The summed E-state index contributed by atoms with van der Waals surface area (Å²) in [5.41, 5.74) is 2.43. The van der Waals surface area contributed by atoms with Gasteiger partial charge in [0.25, 0.3) is 5.91 Å². The fourth-order valence-corrected chi connectivity index (χ4v) is 2.35. The Morgan fingerprint density at radius 1 is 1.20 bits per heavy atom. The first-order valence-electron chi connectivity index (χ1n) is 7.95. The van der Waals surface area contributed by atoms with Gasteiger partial charge in [0, 0.05) is 18.9 Å². The van der Waals surface area contributed by atoms with Gasteiger partial charge in [0.2, 0.25) is 0 Å². The van der Waals surface area contributed by atoms with Crippen molar-refractivity contribution >= 4 is 5.91 Å². The molecular formula is C18H19N5O2. The molecule has 0 saturated heterocycles. The molecule has 0 saturated carbocycles. The lowest BCUT2D eigenvalue weighted by molar-refractivity contribution is 0.0949. The molecule has 0 radical (unpaired) electrons. The molecule has 0 aliphatic rings. The number of benzene rings is 1. The summed E-state index contributed by atoms with van der Waals surface area (Å²) in [6.45, 7) is 1.07. The summed E-state index contributed by atoms with van der Waals surface area (Å²) in [6, 6.07) is 11.5. The van der Waals surface area contributed by atoms with Gasteiger partial charge in [0.05, 0.1) is 19.9 Å². The zero-order valence-electron chi connectivity index (χ0n) is 13.9. The Bertz CT molecular complexity index is 815. The summed E-state index contributed by atoms with van der Waals surface area (Å²) < 4.78 is 6.77. The highest BCUT2D eigenvalue weighted by Crippen LogP contribution is 2.12. The zero-order valence-corrected chi connectivity index (χ0v) is 13.9. The van der Waals surface area contributed by atoms with Gasteiger partial charge in [0.1, 0.15) is 5.75 Å². The number of carbonyl (C=O) groups excluding carboxylic acids is 1. The van der Waals surface area contributed by atoms with Crippen molar-refractivity contribution in [3.05, 3.63) is 71.8 Å². The number of pyridine rings is 1. The predicted molar refractivity (Wildman–Crippen MR) is 92.4 cm³/mol. The van der Waals surface area contributed by atoms with Crippen molar-refractivity contribution in [2.75, 3.05) is 13.7 Å². The molecule has 3 aromatic rings. The monoisotopic (exact) mass is 337 g/mol. The zero-order chi connectivity index (χ0) is 17.5. The lowest BCUT2D eigenvalue weighted by Crippen LogP contribution is -2.26. The van der Waals surface area contributed by atoms with E-state index in [-0.39, 0.29) is 5.91 Å². The summed E-state index contributed by atoms with van der Waals surface area (Å²) in [7, 11) is 1.63. The number of hydrogen-bond donors (Lipinski definition) is 1. The molecule has 128 valence electrons. The third-order valence-corrected chi connectivity index (χ3v) is 3.70. The highest BCUT2D eigenvalue weighted by molar-refractivity contribution is 5.91. The normalized spacial score (nSPS) is 10.4.